The fourth-order valence-electron chi connectivity index (χ4n) is 1.78. The fraction of sp³-hybridized carbons (Fsp3) is 0.833. The lowest BCUT2D eigenvalue weighted by molar-refractivity contribution is 0.344. The zero-order valence-corrected chi connectivity index (χ0v) is 11.9. The molecule has 0 aliphatic heterocycles. The minimum Gasteiger partial charge on any atom is -0.356 e. The van der Waals surface area contributed by atoms with E-state index in [0.29, 0.717) is 17.9 Å². The summed E-state index contributed by atoms with van der Waals surface area (Å²) in [5.74, 6) is 2.28. The third kappa shape index (κ3) is 3.64. The van der Waals surface area contributed by atoms with Crippen molar-refractivity contribution in [2.75, 3.05) is 26.0 Å². The van der Waals surface area contributed by atoms with Crippen LogP contribution in [0.5, 0.6) is 0 Å². The van der Waals surface area contributed by atoms with Crippen molar-refractivity contribution in [3.05, 3.63) is 5.82 Å². The second-order valence-corrected chi connectivity index (χ2v) is 6.24. The Labute approximate surface area is 108 Å². The average molecular weight is 254 g/mol. The predicted molar refractivity (Wildman–Crippen MR) is 72.7 cm³/mol. The molecule has 4 nitrogen and oxygen atoms in total. The van der Waals surface area contributed by atoms with Gasteiger partial charge in [0.25, 0.3) is 0 Å². The van der Waals surface area contributed by atoms with Crippen LogP contribution in [0.4, 0.5) is 5.13 Å². The molecular formula is C12H22N4S. The molecule has 1 aliphatic rings. The van der Waals surface area contributed by atoms with E-state index < -0.39 is 0 Å². The molecule has 1 saturated carbocycles. The van der Waals surface area contributed by atoms with Crippen molar-refractivity contribution in [1.82, 2.24) is 14.3 Å². The van der Waals surface area contributed by atoms with Gasteiger partial charge in [-0.1, -0.05) is 13.8 Å². The number of likely N-dealkylation sites (N-methyl/N-ethyl adjacent to an activating group) is 1. The number of aromatic nitrogens is 2. The first kappa shape index (κ1) is 12.8. The molecule has 0 aromatic carbocycles. The highest BCUT2D eigenvalue weighted by molar-refractivity contribution is 7.09. The van der Waals surface area contributed by atoms with Crippen molar-refractivity contribution < 1.29 is 0 Å². The topological polar surface area (TPSA) is 41.0 Å². The Morgan fingerprint density at radius 1 is 1.41 bits per heavy atom. The highest BCUT2D eigenvalue weighted by Crippen LogP contribution is 2.39. The van der Waals surface area contributed by atoms with Gasteiger partial charge in [-0.15, -0.1) is 0 Å². The van der Waals surface area contributed by atoms with Gasteiger partial charge in [0.2, 0.25) is 5.13 Å². The molecule has 5 heteroatoms. The summed E-state index contributed by atoms with van der Waals surface area (Å²) in [7, 11) is 4.21. The van der Waals surface area contributed by atoms with E-state index in [0.717, 1.165) is 17.5 Å². The number of nitrogens with one attached hydrogen (secondary N) is 1. The maximum atomic E-state index is 4.58. The van der Waals surface area contributed by atoms with Crippen LogP contribution in [0.3, 0.4) is 0 Å². The summed E-state index contributed by atoms with van der Waals surface area (Å²) in [5.41, 5.74) is 0. The van der Waals surface area contributed by atoms with E-state index in [9.17, 15) is 0 Å². The van der Waals surface area contributed by atoms with Crippen molar-refractivity contribution in [2.24, 2.45) is 5.92 Å². The molecule has 1 heterocycles. The Morgan fingerprint density at radius 2 is 2.12 bits per heavy atom. The van der Waals surface area contributed by atoms with Gasteiger partial charge in [0.15, 0.2) is 0 Å². The summed E-state index contributed by atoms with van der Waals surface area (Å²) in [6.07, 6.45) is 2.53. The van der Waals surface area contributed by atoms with E-state index in [-0.39, 0.29) is 0 Å². The van der Waals surface area contributed by atoms with Crippen LogP contribution in [-0.2, 0) is 0 Å². The van der Waals surface area contributed by atoms with E-state index in [1.807, 2.05) is 0 Å². The number of hydrogen-bond acceptors (Lipinski definition) is 5. The molecule has 1 aromatic heterocycles. The van der Waals surface area contributed by atoms with Gasteiger partial charge in [0, 0.05) is 30.0 Å². The largest absolute Gasteiger partial charge is 0.356 e. The third-order valence-corrected chi connectivity index (χ3v) is 3.72. The molecule has 0 radical (unpaired) electrons. The molecule has 1 aliphatic carbocycles. The van der Waals surface area contributed by atoms with Crippen LogP contribution in [-0.4, -0.2) is 40.9 Å². The fourth-order valence-corrected chi connectivity index (χ4v) is 2.48. The summed E-state index contributed by atoms with van der Waals surface area (Å²) >= 11 is 1.50. The molecule has 17 heavy (non-hydrogen) atoms. The van der Waals surface area contributed by atoms with Gasteiger partial charge in [-0.2, -0.15) is 4.37 Å². The lowest BCUT2D eigenvalue weighted by Crippen LogP contribution is -2.36. The normalized spacial score (nSPS) is 17.8. The SMILES string of the molecule is CC(C)C(CN(C)C)Nc1nc(C2CC2)ns1. The maximum Gasteiger partial charge on any atom is 0.202 e. The van der Waals surface area contributed by atoms with Crippen LogP contribution >= 0.6 is 11.5 Å². The molecule has 0 amide bonds. The van der Waals surface area contributed by atoms with Crippen molar-refractivity contribution >= 4 is 16.7 Å². The molecule has 2 rings (SSSR count). The number of anilines is 1. The van der Waals surface area contributed by atoms with Crippen LogP contribution in [0.25, 0.3) is 0 Å². The minimum atomic E-state index is 0.435. The Bertz CT molecular complexity index is 357. The average Bonchev–Trinajstić information content (AvgIpc) is 2.98. The first-order valence-corrected chi connectivity index (χ1v) is 7.08. The van der Waals surface area contributed by atoms with E-state index in [1.54, 1.807) is 0 Å². The quantitative estimate of drug-likeness (QED) is 0.846. The number of nitrogens with zero attached hydrogens (tertiary/aromatic N) is 3. The molecule has 1 fully saturated rings. The second kappa shape index (κ2) is 5.31. The first-order chi connectivity index (χ1) is 8.06. The van der Waals surface area contributed by atoms with Crippen molar-refractivity contribution in [1.29, 1.82) is 0 Å². The molecule has 0 bridgehead atoms. The minimum absolute atomic E-state index is 0.435. The molecule has 1 N–H and O–H groups in total. The molecular weight excluding hydrogens is 232 g/mol. The molecule has 1 aromatic rings. The Morgan fingerprint density at radius 3 is 2.65 bits per heavy atom. The van der Waals surface area contributed by atoms with Gasteiger partial charge in [-0.05, 0) is 32.9 Å². The van der Waals surface area contributed by atoms with Crippen molar-refractivity contribution in [2.45, 2.75) is 38.6 Å². The van der Waals surface area contributed by atoms with Crippen molar-refractivity contribution in [3.63, 3.8) is 0 Å². The monoisotopic (exact) mass is 254 g/mol. The van der Waals surface area contributed by atoms with Gasteiger partial charge >= 0.3 is 0 Å². The van der Waals surface area contributed by atoms with Gasteiger partial charge < -0.3 is 10.2 Å². The zero-order valence-electron chi connectivity index (χ0n) is 11.1. The van der Waals surface area contributed by atoms with E-state index in [2.05, 4.69) is 47.5 Å². The van der Waals surface area contributed by atoms with Crippen LogP contribution in [0.2, 0.25) is 0 Å². The highest BCUT2D eigenvalue weighted by atomic mass is 32.1. The van der Waals surface area contributed by atoms with Crippen LogP contribution in [0, 0.1) is 5.92 Å². The Hall–Kier alpha value is -0.680. The lowest BCUT2D eigenvalue weighted by Gasteiger charge is -2.25. The van der Waals surface area contributed by atoms with Gasteiger partial charge in [-0.3, -0.25) is 0 Å². The highest BCUT2D eigenvalue weighted by Gasteiger charge is 2.28. The summed E-state index contributed by atoms with van der Waals surface area (Å²) in [6.45, 7) is 5.50. The standard InChI is InChI=1S/C12H22N4S/c1-8(2)10(7-16(3)4)13-12-14-11(15-17-12)9-5-6-9/h8-10H,5-7H2,1-4H3,(H,13,14,15). The molecule has 1 atom stereocenters. The second-order valence-electron chi connectivity index (χ2n) is 5.49. The Balaban J connectivity index is 1.95. The van der Waals surface area contributed by atoms with Crippen LogP contribution < -0.4 is 5.32 Å². The third-order valence-electron chi connectivity index (χ3n) is 3.06. The van der Waals surface area contributed by atoms with Gasteiger partial charge in [-0.25, -0.2) is 4.98 Å². The lowest BCUT2D eigenvalue weighted by atomic mass is 10.0. The zero-order chi connectivity index (χ0) is 12.4. The van der Waals surface area contributed by atoms with Gasteiger partial charge in [0.05, 0.1) is 0 Å². The summed E-state index contributed by atoms with van der Waals surface area (Å²) in [5, 5.41) is 4.50. The summed E-state index contributed by atoms with van der Waals surface area (Å²) in [4.78, 5) is 6.79. The predicted octanol–water partition coefficient (Wildman–Crippen LogP) is 2.41. The first-order valence-electron chi connectivity index (χ1n) is 6.31. The van der Waals surface area contributed by atoms with E-state index in [4.69, 9.17) is 0 Å². The van der Waals surface area contributed by atoms with Crippen LogP contribution in [0.1, 0.15) is 38.4 Å². The smallest absolute Gasteiger partial charge is 0.202 e. The Kier molecular flexibility index (Phi) is 3.99. The van der Waals surface area contributed by atoms with E-state index in [1.165, 1.54) is 24.4 Å². The summed E-state index contributed by atoms with van der Waals surface area (Å²) in [6, 6.07) is 0.435. The van der Waals surface area contributed by atoms with E-state index >= 15 is 0 Å². The van der Waals surface area contributed by atoms with Gasteiger partial charge in [0.1, 0.15) is 5.82 Å². The summed E-state index contributed by atoms with van der Waals surface area (Å²) < 4.78 is 4.42. The molecule has 0 spiro atoms. The molecule has 96 valence electrons. The maximum absolute atomic E-state index is 4.58. The molecule has 1 unspecified atom stereocenters. The number of hydrogen-bond donors (Lipinski definition) is 1. The van der Waals surface area contributed by atoms with Crippen LogP contribution in [0.15, 0.2) is 0 Å². The number of rotatable bonds is 6. The molecule has 0 saturated heterocycles. The van der Waals surface area contributed by atoms with Crippen molar-refractivity contribution in [3.8, 4) is 0 Å².